The summed E-state index contributed by atoms with van der Waals surface area (Å²) in [6.07, 6.45) is 28.4. The molecule has 0 unspecified atom stereocenters. The summed E-state index contributed by atoms with van der Waals surface area (Å²) >= 11 is 69.2. The number of hydrogen-bond acceptors (Lipinski definition) is 15. The van der Waals surface area contributed by atoms with Gasteiger partial charge in [0.15, 0.2) is 0 Å². The van der Waals surface area contributed by atoms with Crippen LogP contribution in [0, 0.1) is 20.8 Å². The molecule has 25 nitrogen and oxygen atoms in total. The van der Waals surface area contributed by atoms with E-state index in [1.54, 1.807) is 84.5 Å². The van der Waals surface area contributed by atoms with E-state index >= 15 is 0 Å². The van der Waals surface area contributed by atoms with Gasteiger partial charge in [0.25, 0.3) is 0 Å². The SMILES string of the molecule is CCc1cncc(Cl)c1N1CCCN(C(=O)Nc2ccc(C)c(Cl)c2)CC1.CCc1cncc(Cl)c1N1CCCN(C(=O)Nc2cccc(Cl)c2)CC1.Cc1ccc(NC(=O)N2CCCN(c3c(Cl)cncc3C3CC3)CC2)cc1Cl.Cc1ccc(NC(=O)N2CCCN(c3c(Cl)cncc3Cl)c3ccccc32)cc1Cl.O=C(Nc1cccc(Cl)c1)N1CCCN(c2c(Cl)cncc2C2CC2)CC1. The first-order valence-electron chi connectivity index (χ1n) is 46.5. The number of fused-ring (bicyclic) bond motifs is 1. The minimum Gasteiger partial charge on any atom is -0.368 e. The summed E-state index contributed by atoms with van der Waals surface area (Å²) < 4.78 is 0. The second-order valence-electron chi connectivity index (χ2n) is 34.6. The third-order valence-corrected chi connectivity index (χ3v) is 28.2. The predicted molar refractivity (Wildman–Crippen MR) is 570 cm³/mol. The number of anilines is 12. The van der Waals surface area contributed by atoms with Gasteiger partial charge in [-0.25, -0.2) is 24.0 Å². The third-order valence-electron chi connectivity index (χ3n) is 24.9. The molecule has 10 amide bonds. The van der Waals surface area contributed by atoms with Crippen molar-refractivity contribution in [2.45, 2.75) is 117 Å². The Balaban J connectivity index is 0.000000138. The van der Waals surface area contributed by atoms with Crippen molar-refractivity contribution >= 4 is 226 Å². The Bertz CT molecular complexity index is 6100. The number of urea groups is 5. The molecule has 5 N–H and O–H groups in total. The number of nitrogens with one attached hydrogen (secondary N) is 5. The monoisotopic (exact) mass is 2080 g/mol. The zero-order valence-corrected chi connectivity index (χ0v) is 85.8. The number of carbonyl (C=O) groups excluding carboxylic acids is 5. The zero-order valence-electron chi connectivity index (χ0n) is 77.5. The highest BCUT2D eigenvalue weighted by atomic mass is 35.5. The number of aromatic nitrogens is 5. The summed E-state index contributed by atoms with van der Waals surface area (Å²) in [4.78, 5) is 105. The van der Waals surface area contributed by atoms with Crippen LogP contribution in [0.2, 0.25) is 55.2 Å². The molecule has 5 aromatic heterocycles. The molecule has 6 fully saturated rings. The van der Waals surface area contributed by atoms with Crippen molar-refractivity contribution in [2.75, 3.05) is 174 Å². The van der Waals surface area contributed by atoms with Gasteiger partial charge in [-0.2, -0.15) is 0 Å². The van der Waals surface area contributed by atoms with Gasteiger partial charge in [0.1, 0.15) is 0 Å². The van der Waals surface area contributed by atoms with Crippen LogP contribution in [-0.4, -0.2) is 192 Å². The van der Waals surface area contributed by atoms with Crippen molar-refractivity contribution in [3.05, 3.63) is 284 Å². The number of pyridine rings is 5. The van der Waals surface area contributed by atoms with Gasteiger partial charge in [0.2, 0.25) is 0 Å². The van der Waals surface area contributed by atoms with Gasteiger partial charge in [-0.1, -0.05) is 184 Å². The van der Waals surface area contributed by atoms with Crippen molar-refractivity contribution in [2.24, 2.45) is 0 Å². The van der Waals surface area contributed by atoms with Crippen LogP contribution >= 0.6 is 128 Å². The number of hydrogen-bond donors (Lipinski definition) is 5. The Morgan fingerprint density at radius 1 is 0.290 bits per heavy atom. The van der Waals surface area contributed by atoms with Crippen LogP contribution in [0.5, 0.6) is 0 Å². The van der Waals surface area contributed by atoms with E-state index < -0.39 is 0 Å². The first-order chi connectivity index (χ1) is 66.7. The molecule has 11 aromatic rings. The molecule has 6 aromatic carbocycles. The first kappa shape index (κ1) is 103. The molecule has 5 aliphatic heterocycles. The van der Waals surface area contributed by atoms with E-state index in [1.807, 2.05) is 155 Å². The fraction of sp³-hybridized carbons (Fsp3) is 0.353. The summed E-state index contributed by atoms with van der Waals surface area (Å²) in [6.45, 7) is 23.0. The number of halogens is 11. The van der Waals surface area contributed by atoms with Crippen LogP contribution < -0.4 is 56.0 Å². The van der Waals surface area contributed by atoms with Gasteiger partial charge in [0, 0.05) is 233 Å². The number of carbonyl (C=O) groups is 5. The molecule has 10 heterocycles. The Morgan fingerprint density at radius 3 is 0.935 bits per heavy atom. The van der Waals surface area contributed by atoms with Crippen molar-refractivity contribution < 1.29 is 24.0 Å². The lowest BCUT2D eigenvalue weighted by Crippen LogP contribution is -2.38. The van der Waals surface area contributed by atoms with Gasteiger partial charge in [-0.3, -0.25) is 29.8 Å². The second kappa shape index (κ2) is 49.6. The molecular formula is C102H111Cl11N20O5. The standard InChI is InChI=1S/C22H19Cl3N4O.C21H24Cl2N4O.C20H22Cl2N4O.C20H24Cl2N4O.C19H22Cl2N4O/c1-14-7-8-15(11-16(14)23)27-22(30)29-10-4-9-28(19-5-2-3-6-20(19)29)21-17(24)12-26-13-18(21)25;1-14-3-6-16(11-18(14)22)25-21(28)27-8-2-7-26(9-10-27)20-17(15-4-5-15)12-24-13-19(20)23;21-15-3-1-4-16(11-15)24-20(27)26-8-2-7-25(9-10-26)19-17(14-5-6-14)12-23-13-18(19)22;1-3-15-12-23-13-18(22)19(15)25-7-4-8-26(10-9-25)20(27)24-16-6-5-14(2)17(21)11-16;1-2-14-12-22-13-17(21)18(14)24-7-4-8-25(10-9-24)19(26)23-16-6-3-5-15(20)11-16/h2-3,5-8,11-13H,4,9-10H2,1H3,(H,27,30);3,6,11-13,15H,2,4-5,7-10H2,1H3,(H,25,28);1,3-4,11-14H,2,5-10H2,(H,24,27);5-6,11-13H,3-4,7-10H2,1-2H3,(H,24,27);3,5-6,11-13H,2,4,7-10H2,1H3,(H,23,26). The van der Waals surface area contributed by atoms with E-state index in [4.69, 9.17) is 128 Å². The van der Waals surface area contributed by atoms with Crippen molar-refractivity contribution in [1.29, 1.82) is 0 Å². The van der Waals surface area contributed by atoms with Crippen LogP contribution in [-0.2, 0) is 12.8 Å². The number of rotatable bonds is 14. The lowest BCUT2D eigenvalue weighted by molar-refractivity contribution is 0.214. The van der Waals surface area contributed by atoms with Crippen LogP contribution in [0.25, 0.3) is 0 Å². The molecule has 36 heteroatoms. The minimum atomic E-state index is -0.226. The fourth-order valence-corrected chi connectivity index (χ4v) is 19.9. The summed E-state index contributed by atoms with van der Waals surface area (Å²) in [5, 5.41) is 21.5. The van der Waals surface area contributed by atoms with E-state index in [9.17, 15) is 24.0 Å². The van der Waals surface area contributed by atoms with E-state index in [0.717, 1.165) is 165 Å². The highest BCUT2D eigenvalue weighted by Crippen LogP contribution is 2.49. The van der Waals surface area contributed by atoms with Crippen molar-refractivity contribution in [3.63, 3.8) is 0 Å². The summed E-state index contributed by atoms with van der Waals surface area (Å²) in [7, 11) is 0. The number of amides is 10. The predicted octanol–water partition coefficient (Wildman–Crippen LogP) is 27.0. The molecule has 2 saturated carbocycles. The molecular weight excluding hydrogens is 1980 g/mol. The average molecular weight is 2090 g/mol. The van der Waals surface area contributed by atoms with Crippen LogP contribution in [0.15, 0.2) is 189 Å². The minimum absolute atomic E-state index is 0.0926. The average Bonchev–Trinajstić information content (AvgIpc) is 1.49. The van der Waals surface area contributed by atoms with E-state index in [0.29, 0.717) is 161 Å². The maximum Gasteiger partial charge on any atom is 0.326 e. The third kappa shape index (κ3) is 27.6. The lowest BCUT2D eigenvalue weighted by atomic mass is 10.1. The quantitative estimate of drug-likeness (QED) is 0.0680. The molecule has 0 bridgehead atoms. The van der Waals surface area contributed by atoms with Gasteiger partial charge < -0.3 is 70.7 Å². The normalized spacial score (nSPS) is 15.6. The van der Waals surface area contributed by atoms with Crippen LogP contribution in [0.4, 0.5) is 92.2 Å². The Labute approximate surface area is 862 Å². The Morgan fingerprint density at radius 2 is 0.594 bits per heavy atom. The fourth-order valence-electron chi connectivity index (χ4n) is 17.3. The topological polar surface area (TPSA) is 242 Å². The summed E-state index contributed by atoms with van der Waals surface area (Å²) in [5.74, 6) is 1.16. The van der Waals surface area contributed by atoms with Gasteiger partial charge in [-0.15, -0.1) is 0 Å². The summed E-state index contributed by atoms with van der Waals surface area (Å²) in [5.41, 5.74) is 17.8. The summed E-state index contributed by atoms with van der Waals surface area (Å²) in [6, 6.07) is 38.1. The molecule has 0 spiro atoms. The number of benzene rings is 6. The molecule has 7 aliphatic rings. The first-order valence-corrected chi connectivity index (χ1v) is 50.6. The number of aryl methyl sites for hydroxylation is 5. The lowest BCUT2D eigenvalue weighted by Gasteiger charge is -2.28. The molecule has 138 heavy (non-hydrogen) atoms. The zero-order chi connectivity index (χ0) is 97.6. The van der Waals surface area contributed by atoms with E-state index in [2.05, 4.69) is 85.0 Å². The molecule has 0 radical (unpaired) electrons. The largest absolute Gasteiger partial charge is 0.368 e. The van der Waals surface area contributed by atoms with Crippen LogP contribution in [0.1, 0.15) is 122 Å². The molecule has 726 valence electrons. The number of para-hydroxylation sites is 2. The van der Waals surface area contributed by atoms with Crippen molar-refractivity contribution in [1.82, 2.24) is 44.5 Å². The van der Waals surface area contributed by atoms with Crippen molar-refractivity contribution in [3.8, 4) is 0 Å². The van der Waals surface area contributed by atoms with E-state index in [1.165, 1.54) is 36.8 Å². The van der Waals surface area contributed by atoms with Crippen LogP contribution in [0.3, 0.4) is 0 Å². The molecule has 0 atom stereocenters. The highest BCUT2D eigenvalue weighted by Gasteiger charge is 2.35. The number of nitrogens with zero attached hydrogens (tertiary/aromatic N) is 15. The van der Waals surface area contributed by atoms with E-state index in [-0.39, 0.29) is 30.2 Å². The molecule has 4 saturated heterocycles. The Hall–Kier alpha value is -10.4. The molecule has 18 rings (SSSR count). The maximum atomic E-state index is 13.1. The smallest absolute Gasteiger partial charge is 0.326 e. The Kier molecular flexibility index (Phi) is 37.2. The van der Waals surface area contributed by atoms with Gasteiger partial charge in [0.05, 0.1) is 69.9 Å². The van der Waals surface area contributed by atoms with Gasteiger partial charge >= 0.3 is 30.2 Å². The molecule has 2 aliphatic carbocycles. The highest BCUT2D eigenvalue weighted by molar-refractivity contribution is 6.39. The second-order valence-corrected chi connectivity index (χ2v) is 39.1. The maximum absolute atomic E-state index is 13.1. The van der Waals surface area contributed by atoms with Gasteiger partial charge in [-0.05, 0) is 227 Å².